The van der Waals surface area contributed by atoms with Crippen LogP contribution in [0, 0.1) is 0 Å². The predicted molar refractivity (Wildman–Crippen MR) is 151 cm³/mol. The molecule has 1 aromatic carbocycles. The van der Waals surface area contributed by atoms with E-state index in [4.69, 9.17) is 52.1 Å². The Bertz CT molecular complexity index is 664. The molecular formula is C29H50O12. The van der Waals surface area contributed by atoms with Gasteiger partial charge >= 0.3 is 5.97 Å². The average Bonchev–Trinajstić information content (AvgIpc) is 2.99. The second-order valence-electron chi connectivity index (χ2n) is 8.23. The number of rotatable bonds is 32. The van der Waals surface area contributed by atoms with Crippen molar-refractivity contribution in [3.05, 3.63) is 30.3 Å². The van der Waals surface area contributed by atoms with Crippen LogP contribution in [0.2, 0.25) is 0 Å². The van der Waals surface area contributed by atoms with Crippen LogP contribution in [0.5, 0.6) is 5.75 Å². The highest BCUT2D eigenvalue weighted by Crippen LogP contribution is 2.07. The van der Waals surface area contributed by atoms with Gasteiger partial charge in [0.1, 0.15) is 12.4 Å². The summed E-state index contributed by atoms with van der Waals surface area (Å²) >= 11 is 0. The van der Waals surface area contributed by atoms with Crippen LogP contribution in [0.1, 0.15) is 13.3 Å². The van der Waals surface area contributed by atoms with Crippen molar-refractivity contribution in [2.24, 2.45) is 0 Å². The van der Waals surface area contributed by atoms with Crippen molar-refractivity contribution in [3.63, 3.8) is 0 Å². The molecule has 0 fully saturated rings. The maximum absolute atomic E-state index is 11.1. The zero-order valence-electron chi connectivity index (χ0n) is 24.6. The van der Waals surface area contributed by atoms with E-state index in [0.717, 1.165) is 5.75 Å². The van der Waals surface area contributed by atoms with Gasteiger partial charge in [-0.2, -0.15) is 0 Å². The van der Waals surface area contributed by atoms with Crippen molar-refractivity contribution in [2.45, 2.75) is 13.3 Å². The number of benzene rings is 1. The van der Waals surface area contributed by atoms with Gasteiger partial charge in [0.25, 0.3) is 0 Å². The van der Waals surface area contributed by atoms with Crippen LogP contribution in [0.3, 0.4) is 0 Å². The van der Waals surface area contributed by atoms with E-state index in [9.17, 15) is 4.79 Å². The maximum atomic E-state index is 11.1. The number of carbonyl (C=O) groups is 1. The van der Waals surface area contributed by atoms with Crippen molar-refractivity contribution < 1.29 is 56.9 Å². The summed E-state index contributed by atoms with van der Waals surface area (Å²) in [6, 6.07) is 9.66. The lowest BCUT2D eigenvalue weighted by atomic mass is 10.3. The predicted octanol–water partition coefficient (Wildman–Crippen LogP) is 2.17. The lowest BCUT2D eigenvalue weighted by molar-refractivity contribution is -0.144. The first-order valence-corrected chi connectivity index (χ1v) is 14.4. The Labute approximate surface area is 244 Å². The summed E-state index contributed by atoms with van der Waals surface area (Å²) in [5, 5.41) is 0. The number of hydrogen-bond acceptors (Lipinski definition) is 12. The minimum Gasteiger partial charge on any atom is -0.491 e. The molecule has 0 saturated heterocycles. The summed E-state index contributed by atoms with van der Waals surface area (Å²) in [6.45, 7) is 11.5. The molecule has 12 nitrogen and oxygen atoms in total. The van der Waals surface area contributed by atoms with Crippen molar-refractivity contribution in [1.29, 1.82) is 0 Å². The SMILES string of the molecule is CCOC(=O)CCOCCOCCOCCOCCOCCOCCOCCOCCOCCOc1ccccc1. The average molecular weight is 591 g/mol. The Hall–Kier alpha value is -1.87. The molecule has 0 bridgehead atoms. The highest BCUT2D eigenvalue weighted by Gasteiger charge is 2.01. The number of ether oxygens (including phenoxy) is 11. The third kappa shape index (κ3) is 28.0. The summed E-state index contributed by atoms with van der Waals surface area (Å²) in [5.74, 6) is 0.592. The molecule has 0 atom stereocenters. The summed E-state index contributed by atoms with van der Waals surface area (Å²) < 4.78 is 59.2. The van der Waals surface area contributed by atoms with Gasteiger partial charge < -0.3 is 52.1 Å². The van der Waals surface area contributed by atoms with Crippen molar-refractivity contribution in [3.8, 4) is 5.75 Å². The van der Waals surface area contributed by atoms with Crippen LogP contribution in [0.15, 0.2) is 30.3 Å². The Balaban J connectivity index is 1.63. The zero-order valence-corrected chi connectivity index (χ0v) is 24.6. The number of esters is 1. The Morgan fingerprint density at radius 3 is 1.12 bits per heavy atom. The summed E-state index contributed by atoms with van der Waals surface area (Å²) in [7, 11) is 0. The molecule has 0 saturated carbocycles. The molecule has 0 amide bonds. The van der Waals surface area contributed by atoms with Gasteiger partial charge in [-0.15, -0.1) is 0 Å². The number of carbonyl (C=O) groups excluding carboxylic acids is 1. The molecule has 0 aliphatic rings. The lowest BCUT2D eigenvalue weighted by Crippen LogP contribution is -2.15. The molecule has 0 heterocycles. The number of para-hydroxylation sites is 1. The van der Waals surface area contributed by atoms with Gasteiger partial charge in [0.05, 0.1) is 132 Å². The molecule has 0 aliphatic carbocycles. The largest absolute Gasteiger partial charge is 0.491 e. The van der Waals surface area contributed by atoms with Gasteiger partial charge in [-0.3, -0.25) is 4.79 Å². The molecule has 238 valence electrons. The normalized spacial score (nSPS) is 11.1. The van der Waals surface area contributed by atoms with Gasteiger partial charge in [0.15, 0.2) is 0 Å². The van der Waals surface area contributed by atoms with Crippen LogP contribution < -0.4 is 4.74 Å². The zero-order chi connectivity index (χ0) is 29.3. The van der Waals surface area contributed by atoms with E-state index in [1.165, 1.54) is 0 Å². The van der Waals surface area contributed by atoms with Gasteiger partial charge in [0.2, 0.25) is 0 Å². The third-order valence-electron chi connectivity index (χ3n) is 4.97. The fraction of sp³-hybridized carbons (Fsp3) is 0.759. The van der Waals surface area contributed by atoms with Crippen molar-refractivity contribution >= 4 is 5.97 Å². The molecular weight excluding hydrogens is 540 g/mol. The number of hydrogen-bond donors (Lipinski definition) is 0. The van der Waals surface area contributed by atoms with Crippen LogP contribution in [0.4, 0.5) is 0 Å². The molecule has 12 heteroatoms. The molecule has 0 aliphatic heterocycles. The van der Waals surface area contributed by atoms with Gasteiger partial charge in [-0.25, -0.2) is 0 Å². The van der Waals surface area contributed by atoms with Crippen molar-refractivity contribution in [2.75, 3.05) is 132 Å². The molecule has 0 radical (unpaired) electrons. The lowest BCUT2D eigenvalue weighted by Gasteiger charge is -2.09. The Morgan fingerprint density at radius 2 is 0.780 bits per heavy atom. The van der Waals surface area contributed by atoms with Crippen LogP contribution >= 0.6 is 0 Å². The van der Waals surface area contributed by atoms with Crippen molar-refractivity contribution in [1.82, 2.24) is 0 Å². The monoisotopic (exact) mass is 590 g/mol. The van der Waals surface area contributed by atoms with Crippen LogP contribution in [-0.4, -0.2) is 138 Å². The Morgan fingerprint density at radius 1 is 0.463 bits per heavy atom. The molecule has 1 rings (SSSR count). The molecule has 1 aromatic rings. The van der Waals surface area contributed by atoms with Crippen LogP contribution in [-0.2, 0) is 52.2 Å². The van der Waals surface area contributed by atoms with E-state index in [2.05, 4.69) is 0 Å². The quantitative estimate of drug-likeness (QED) is 0.0904. The topological polar surface area (TPSA) is 119 Å². The van der Waals surface area contributed by atoms with Gasteiger partial charge in [-0.1, -0.05) is 18.2 Å². The molecule has 0 N–H and O–H groups in total. The molecule has 0 unspecified atom stereocenters. The van der Waals surface area contributed by atoms with Crippen LogP contribution in [0.25, 0.3) is 0 Å². The smallest absolute Gasteiger partial charge is 0.308 e. The first-order chi connectivity index (χ1) is 20.3. The first-order valence-electron chi connectivity index (χ1n) is 14.4. The second-order valence-corrected chi connectivity index (χ2v) is 8.23. The van der Waals surface area contributed by atoms with Gasteiger partial charge in [0, 0.05) is 0 Å². The Kier molecular flexibility index (Phi) is 28.2. The van der Waals surface area contributed by atoms with E-state index in [0.29, 0.717) is 132 Å². The molecule has 0 spiro atoms. The van der Waals surface area contributed by atoms with E-state index < -0.39 is 0 Å². The van der Waals surface area contributed by atoms with E-state index in [1.807, 2.05) is 30.3 Å². The summed E-state index contributed by atoms with van der Waals surface area (Å²) in [4.78, 5) is 11.1. The van der Waals surface area contributed by atoms with E-state index >= 15 is 0 Å². The maximum Gasteiger partial charge on any atom is 0.308 e. The summed E-state index contributed by atoms with van der Waals surface area (Å²) in [5.41, 5.74) is 0. The highest BCUT2D eigenvalue weighted by molar-refractivity contribution is 5.69. The minimum atomic E-state index is -0.250. The summed E-state index contributed by atoms with van der Waals surface area (Å²) in [6.07, 6.45) is 0.258. The fourth-order valence-electron chi connectivity index (χ4n) is 2.99. The third-order valence-corrected chi connectivity index (χ3v) is 4.97. The molecule has 41 heavy (non-hydrogen) atoms. The van der Waals surface area contributed by atoms with Gasteiger partial charge in [-0.05, 0) is 19.1 Å². The van der Waals surface area contributed by atoms with E-state index in [1.54, 1.807) is 6.92 Å². The first kappa shape index (κ1) is 37.2. The fourth-order valence-corrected chi connectivity index (χ4v) is 2.99. The highest BCUT2D eigenvalue weighted by atomic mass is 16.6. The minimum absolute atomic E-state index is 0.250. The molecule has 0 aromatic heterocycles. The van der Waals surface area contributed by atoms with E-state index in [-0.39, 0.29) is 12.4 Å². The standard InChI is InChI=1S/C29H50O12/c1-2-40-29(30)8-9-31-10-11-32-12-13-33-14-15-34-16-17-35-18-19-36-20-21-37-22-23-38-24-25-39-26-27-41-28-6-4-3-5-7-28/h3-7H,2,8-27H2,1H3. The second kappa shape index (κ2) is 31.1.